The lowest BCUT2D eigenvalue weighted by Gasteiger charge is -2.06. The van der Waals surface area contributed by atoms with E-state index in [1.807, 2.05) is 36.4 Å². The minimum atomic E-state index is -0.232. The summed E-state index contributed by atoms with van der Waals surface area (Å²) >= 11 is 5.88. The molecule has 0 fully saturated rings. The number of amides is 2. The van der Waals surface area contributed by atoms with Crippen molar-refractivity contribution >= 4 is 17.6 Å². The summed E-state index contributed by atoms with van der Waals surface area (Å²) < 4.78 is 5.11. The van der Waals surface area contributed by atoms with Crippen LogP contribution in [0.1, 0.15) is 11.1 Å². The zero-order valence-electron chi connectivity index (χ0n) is 13.4. The molecule has 0 atom stereocenters. The molecular formula is C19H19ClN2O2. The first-order valence-electron chi connectivity index (χ1n) is 7.56. The summed E-state index contributed by atoms with van der Waals surface area (Å²) in [5.74, 6) is 6.65. The van der Waals surface area contributed by atoms with Gasteiger partial charge in [0.2, 0.25) is 0 Å². The normalized spacial score (nSPS) is 9.58. The van der Waals surface area contributed by atoms with Gasteiger partial charge in [-0.3, -0.25) is 0 Å². The fourth-order valence-corrected chi connectivity index (χ4v) is 2.20. The summed E-state index contributed by atoms with van der Waals surface area (Å²) in [6.07, 6.45) is 0.756. The van der Waals surface area contributed by atoms with Crippen LogP contribution in [-0.4, -0.2) is 26.2 Å². The van der Waals surface area contributed by atoms with Crippen molar-refractivity contribution in [2.45, 2.75) is 6.42 Å². The van der Waals surface area contributed by atoms with Gasteiger partial charge in [-0.15, -0.1) is 0 Å². The number of rotatable bonds is 5. The van der Waals surface area contributed by atoms with E-state index in [9.17, 15) is 4.79 Å². The number of hydrogen-bond acceptors (Lipinski definition) is 2. The molecule has 0 radical (unpaired) electrons. The molecule has 2 N–H and O–H groups in total. The first kappa shape index (κ1) is 17.7. The fraction of sp³-hybridized carbons (Fsp3) is 0.211. The quantitative estimate of drug-likeness (QED) is 0.819. The predicted molar refractivity (Wildman–Crippen MR) is 96.4 cm³/mol. The van der Waals surface area contributed by atoms with Gasteiger partial charge >= 0.3 is 6.03 Å². The molecule has 0 saturated carbocycles. The number of urea groups is 1. The number of halogens is 1. The van der Waals surface area contributed by atoms with Crippen LogP contribution >= 0.6 is 11.6 Å². The smallest absolute Gasteiger partial charge is 0.315 e. The van der Waals surface area contributed by atoms with Gasteiger partial charge in [0.15, 0.2) is 0 Å². The van der Waals surface area contributed by atoms with Crippen molar-refractivity contribution in [1.82, 2.24) is 10.6 Å². The van der Waals surface area contributed by atoms with Crippen molar-refractivity contribution < 1.29 is 9.53 Å². The number of carbonyl (C=O) groups is 1. The van der Waals surface area contributed by atoms with Crippen LogP contribution in [0.5, 0.6) is 5.75 Å². The van der Waals surface area contributed by atoms with Crippen LogP contribution in [0.3, 0.4) is 0 Å². The lowest BCUT2D eigenvalue weighted by atomic mass is 10.1. The molecule has 24 heavy (non-hydrogen) atoms. The zero-order valence-corrected chi connectivity index (χ0v) is 14.2. The van der Waals surface area contributed by atoms with Gasteiger partial charge in [0.25, 0.3) is 0 Å². The van der Waals surface area contributed by atoms with E-state index in [-0.39, 0.29) is 12.6 Å². The molecule has 124 valence electrons. The maximum atomic E-state index is 11.7. The molecule has 2 aromatic rings. The molecule has 0 spiro atoms. The topological polar surface area (TPSA) is 50.4 Å². The van der Waals surface area contributed by atoms with Crippen molar-refractivity contribution in [3.05, 3.63) is 64.7 Å². The molecule has 5 heteroatoms. The Morgan fingerprint density at radius 3 is 2.67 bits per heavy atom. The molecule has 2 amide bonds. The van der Waals surface area contributed by atoms with E-state index in [1.165, 1.54) is 0 Å². The maximum absolute atomic E-state index is 11.7. The van der Waals surface area contributed by atoms with E-state index < -0.39 is 0 Å². The van der Waals surface area contributed by atoms with Crippen LogP contribution in [0.2, 0.25) is 5.02 Å². The monoisotopic (exact) mass is 342 g/mol. The van der Waals surface area contributed by atoms with Crippen LogP contribution in [0.15, 0.2) is 48.5 Å². The summed E-state index contributed by atoms with van der Waals surface area (Å²) in [5, 5.41) is 6.14. The molecule has 0 heterocycles. The summed E-state index contributed by atoms with van der Waals surface area (Å²) in [4.78, 5) is 11.7. The third-order valence-electron chi connectivity index (χ3n) is 3.25. The number of nitrogens with one attached hydrogen (secondary N) is 2. The highest BCUT2D eigenvalue weighted by Gasteiger charge is 1.99. The Hall–Kier alpha value is -2.64. The Morgan fingerprint density at radius 2 is 1.96 bits per heavy atom. The van der Waals surface area contributed by atoms with E-state index in [1.54, 1.807) is 19.2 Å². The van der Waals surface area contributed by atoms with Crippen molar-refractivity contribution in [2.24, 2.45) is 0 Å². The highest BCUT2D eigenvalue weighted by molar-refractivity contribution is 6.30. The second kappa shape index (κ2) is 9.49. The molecule has 0 aliphatic heterocycles. The van der Waals surface area contributed by atoms with Gasteiger partial charge < -0.3 is 15.4 Å². The highest BCUT2D eigenvalue weighted by atomic mass is 35.5. The molecule has 2 aromatic carbocycles. The maximum Gasteiger partial charge on any atom is 0.315 e. The molecule has 0 aliphatic rings. The third-order valence-corrected chi connectivity index (χ3v) is 3.49. The van der Waals surface area contributed by atoms with Gasteiger partial charge in [-0.25, -0.2) is 4.79 Å². The van der Waals surface area contributed by atoms with Crippen LogP contribution in [0.4, 0.5) is 4.79 Å². The number of methoxy groups -OCH3 is 1. The Morgan fingerprint density at radius 1 is 1.17 bits per heavy atom. The molecule has 0 aliphatic carbocycles. The second-order valence-electron chi connectivity index (χ2n) is 5.02. The molecule has 0 aromatic heterocycles. The largest absolute Gasteiger partial charge is 0.497 e. The van der Waals surface area contributed by atoms with E-state index in [0.29, 0.717) is 11.6 Å². The fourth-order valence-electron chi connectivity index (χ4n) is 2.01. The number of ether oxygens (including phenoxy) is 1. The standard InChI is InChI=1S/C19H19ClN2O2/c1-24-18-9-7-15(8-10-18)11-13-22-19(23)21-12-3-5-16-4-2-6-17(20)14-16/h2,4,6-10,14H,11-13H2,1H3,(H2,21,22,23). The van der Waals surface area contributed by atoms with Gasteiger partial charge in [-0.1, -0.05) is 41.6 Å². The summed E-state index contributed by atoms with van der Waals surface area (Å²) in [6.45, 7) is 0.834. The SMILES string of the molecule is COc1ccc(CCNC(=O)NCC#Cc2cccc(Cl)c2)cc1. The minimum absolute atomic E-state index is 0.232. The molecule has 2 rings (SSSR count). The summed E-state index contributed by atoms with van der Waals surface area (Å²) in [7, 11) is 1.64. The lowest BCUT2D eigenvalue weighted by molar-refractivity contribution is 0.242. The van der Waals surface area contributed by atoms with Gasteiger partial charge in [-0.2, -0.15) is 0 Å². The molecule has 0 saturated heterocycles. The van der Waals surface area contributed by atoms with Crippen LogP contribution < -0.4 is 15.4 Å². The Labute approximate surface area is 147 Å². The van der Waals surface area contributed by atoms with Crippen molar-refractivity contribution in [1.29, 1.82) is 0 Å². The minimum Gasteiger partial charge on any atom is -0.497 e. The van der Waals surface area contributed by atoms with Gasteiger partial charge in [-0.05, 0) is 42.3 Å². The van der Waals surface area contributed by atoms with Crippen molar-refractivity contribution in [3.8, 4) is 17.6 Å². The number of carbonyl (C=O) groups excluding carboxylic acids is 1. The number of benzene rings is 2. The molecular weight excluding hydrogens is 324 g/mol. The second-order valence-corrected chi connectivity index (χ2v) is 5.46. The zero-order chi connectivity index (χ0) is 17.2. The summed E-state index contributed by atoms with van der Waals surface area (Å²) in [5.41, 5.74) is 1.96. The van der Waals surface area contributed by atoms with Gasteiger partial charge in [0.1, 0.15) is 5.75 Å². The van der Waals surface area contributed by atoms with Crippen molar-refractivity contribution in [2.75, 3.05) is 20.2 Å². The van der Waals surface area contributed by atoms with Gasteiger partial charge in [0, 0.05) is 17.1 Å². The van der Waals surface area contributed by atoms with Crippen LogP contribution in [0, 0.1) is 11.8 Å². The van der Waals surface area contributed by atoms with E-state index >= 15 is 0 Å². The van der Waals surface area contributed by atoms with E-state index in [2.05, 4.69) is 22.5 Å². The predicted octanol–water partition coefficient (Wildman–Crippen LogP) is 3.24. The third kappa shape index (κ3) is 6.23. The average molecular weight is 343 g/mol. The average Bonchev–Trinajstić information content (AvgIpc) is 2.59. The van der Waals surface area contributed by atoms with Crippen molar-refractivity contribution in [3.63, 3.8) is 0 Å². The van der Waals surface area contributed by atoms with Gasteiger partial charge in [0.05, 0.1) is 13.7 Å². The molecule has 0 unspecified atom stereocenters. The van der Waals surface area contributed by atoms with Crippen LogP contribution in [-0.2, 0) is 6.42 Å². The Balaban J connectivity index is 1.66. The first-order valence-corrected chi connectivity index (χ1v) is 7.94. The Bertz CT molecular complexity index is 733. The summed E-state index contributed by atoms with van der Waals surface area (Å²) in [6, 6.07) is 14.8. The molecule has 4 nitrogen and oxygen atoms in total. The first-order chi connectivity index (χ1) is 11.7. The Kier molecular flexibility index (Phi) is 7.00. The van der Waals surface area contributed by atoms with E-state index in [4.69, 9.17) is 16.3 Å². The lowest BCUT2D eigenvalue weighted by Crippen LogP contribution is -2.36. The molecule has 0 bridgehead atoms. The number of hydrogen-bond donors (Lipinski definition) is 2. The van der Waals surface area contributed by atoms with E-state index in [0.717, 1.165) is 23.3 Å². The highest BCUT2D eigenvalue weighted by Crippen LogP contribution is 2.11. The van der Waals surface area contributed by atoms with Crippen LogP contribution in [0.25, 0.3) is 0 Å².